The number of benzene rings is 1. The van der Waals surface area contributed by atoms with Gasteiger partial charge in [-0.05, 0) is 66.6 Å². The van der Waals surface area contributed by atoms with Gasteiger partial charge in [0.15, 0.2) is 0 Å². The Morgan fingerprint density at radius 1 is 1.00 bits per heavy atom. The smallest absolute Gasteiger partial charge is 0.258 e. The molecule has 39 heavy (non-hydrogen) atoms. The van der Waals surface area contributed by atoms with Crippen LogP contribution in [0.3, 0.4) is 0 Å². The van der Waals surface area contributed by atoms with Crippen LogP contribution in [0.25, 0.3) is 11.8 Å². The van der Waals surface area contributed by atoms with Gasteiger partial charge < -0.3 is 9.47 Å². The molecule has 8 heteroatoms. The first-order chi connectivity index (χ1) is 19.1. The highest BCUT2D eigenvalue weighted by atomic mass is 35.5. The van der Waals surface area contributed by atoms with Gasteiger partial charge in [-0.2, -0.15) is 0 Å². The van der Waals surface area contributed by atoms with Gasteiger partial charge in [-0.3, -0.25) is 24.1 Å². The van der Waals surface area contributed by atoms with Crippen molar-refractivity contribution < 1.29 is 9.47 Å². The molecule has 3 aromatic rings. The standard InChI is InChI=1S/C31H35ClN4O3/c32-26-4-5-27(33-20-26)22-39-30-7-10-36(31(37)19-30)29-6-3-24-17-23(1-2-25(24)18-29)21-34-11-13-35(14-12-34)28-8-15-38-16-9-28/h1-2,4-5,7,10,17-20,28H,3,6,8-9,11-16,21-22H2. The average molecular weight is 547 g/mol. The zero-order chi connectivity index (χ0) is 26.6. The first kappa shape index (κ1) is 26.3. The predicted molar refractivity (Wildman–Crippen MR) is 154 cm³/mol. The molecule has 0 unspecified atom stereocenters. The highest BCUT2D eigenvalue weighted by Gasteiger charge is 2.25. The Bertz CT molecular complexity index is 1370. The molecule has 1 aliphatic carbocycles. The number of hydrogen-bond acceptors (Lipinski definition) is 6. The number of rotatable bonds is 7. The van der Waals surface area contributed by atoms with Gasteiger partial charge in [0.25, 0.3) is 5.56 Å². The van der Waals surface area contributed by atoms with Crippen molar-refractivity contribution in [1.29, 1.82) is 0 Å². The van der Waals surface area contributed by atoms with Gasteiger partial charge in [-0.15, -0.1) is 0 Å². The highest BCUT2D eigenvalue weighted by Crippen LogP contribution is 2.28. The van der Waals surface area contributed by atoms with E-state index in [9.17, 15) is 4.79 Å². The van der Waals surface area contributed by atoms with E-state index in [1.807, 2.05) is 12.1 Å². The summed E-state index contributed by atoms with van der Waals surface area (Å²) >= 11 is 5.89. The molecule has 2 fully saturated rings. The summed E-state index contributed by atoms with van der Waals surface area (Å²) in [5.74, 6) is 0.531. The molecule has 2 aromatic heterocycles. The third kappa shape index (κ3) is 6.44. The summed E-state index contributed by atoms with van der Waals surface area (Å²) in [6.45, 7) is 7.65. The molecule has 0 N–H and O–H groups in total. The molecule has 0 radical (unpaired) electrons. The number of fused-ring (bicyclic) bond motifs is 1. The quantitative estimate of drug-likeness (QED) is 0.427. The van der Waals surface area contributed by atoms with E-state index in [0.717, 1.165) is 70.2 Å². The number of halogens is 1. The molecular weight excluding hydrogens is 512 g/mol. The van der Waals surface area contributed by atoms with Gasteiger partial charge in [-0.1, -0.05) is 29.8 Å². The first-order valence-corrected chi connectivity index (χ1v) is 14.3. The molecule has 7 nitrogen and oxygen atoms in total. The zero-order valence-electron chi connectivity index (χ0n) is 22.2. The minimum atomic E-state index is -0.0946. The summed E-state index contributed by atoms with van der Waals surface area (Å²) in [4.78, 5) is 22.4. The molecule has 0 amide bonds. The van der Waals surface area contributed by atoms with Crippen LogP contribution in [0.5, 0.6) is 5.75 Å². The van der Waals surface area contributed by atoms with Crippen molar-refractivity contribution >= 4 is 23.4 Å². The van der Waals surface area contributed by atoms with Gasteiger partial charge in [0.2, 0.25) is 0 Å². The minimum Gasteiger partial charge on any atom is -0.487 e. The van der Waals surface area contributed by atoms with E-state index in [4.69, 9.17) is 21.1 Å². The van der Waals surface area contributed by atoms with Gasteiger partial charge in [0, 0.05) is 76.1 Å². The lowest BCUT2D eigenvalue weighted by Crippen LogP contribution is -2.51. The van der Waals surface area contributed by atoms with Crippen LogP contribution < -0.4 is 10.3 Å². The van der Waals surface area contributed by atoms with Gasteiger partial charge in [0.05, 0.1) is 10.7 Å². The highest BCUT2D eigenvalue weighted by molar-refractivity contribution is 6.30. The van der Waals surface area contributed by atoms with Crippen LogP contribution in [0, 0.1) is 0 Å². The number of piperazine rings is 1. The Morgan fingerprint density at radius 3 is 2.62 bits per heavy atom. The fourth-order valence-corrected chi connectivity index (χ4v) is 5.96. The Balaban J connectivity index is 1.06. The molecule has 4 heterocycles. The van der Waals surface area contributed by atoms with E-state index < -0.39 is 0 Å². The Kier molecular flexibility index (Phi) is 8.11. The molecule has 1 aromatic carbocycles. The predicted octanol–water partition coefficient (Wildman–Crippen LogP) is 4.72. The van der Waals surface area contributed by atoms with Crippen molar-refractivity contribution in [3.8, 4) is 5.75 Å². The van der Waals surface area contributed by atoms with Crippen LogP contribution in [-0.2, 0) is 24.3 Å². The fraction of sp³-hybridized carbons (Fsp3) is 0.419. The number of pyridine rings is 2. The molecule has 6 rings (SSSR count). The number of aromatic nitrogens is 2. The molecular formula is C31H35ClN4O3. The number of aryl methyl sites for hydroxylation is 1. The van der Waals surface area contributed by atoms with E-state index in [1.165, 1.54) is 35.6 Å². The molecule has 2 aliphatic heterocycles. The molecule has 0 atom stereocenters. The number of allylic oxidation sites excluding steroid dienone is 1. The SMILES string of the molecule is O=c1cc(OCc2ccc(Cl)cn2)ccn1C1=Cc2ccc(CN3CCN(C4CCOCC4)CC3)cc2CC1. The second kappa shape index (κ2) is 12.0. The van der Waals surface area contributed by atoms with Crippen molar-refractivity contribution in [3.63, 3.8) is 0 Å². The third-order valence-electron chi connectivity index (χ3n) is 8.08. The van der Waals surface area contributed by atoms with Crippen LogP contribution in [-0.4, -0.2) is 64.8 Å². The normalized spacial score (nSPS) is 18.9. The molecule has 0 saturated carbocycles. The molecule has 0 bridgehead atoms. The van der Waals surface area contributed by atoms with E-state index in [2.05, 4.69) is 39.1 Å². The molecule has 204 valence electrons. The van der Waals surface area contributed by atoms with Crippen LogP contribution in [0.2, 0.25) is 5.02 Å². The van der Waals surface area contributed by atoms with Crippen LogP contribution in [0.15, 0.2) is 59.7 Å². The van der Waals surface area contributed by atoms with Crippen molar-refractivity contribution in [2.45, 2.75) is 44.9 Å². The summed E-state index contributed by atoms with van der Waals surface area (Å²) in [5, 5.41) is 0.583. The zero-order valence-corrected chi connectivity index (χ0v) is 23.0. The van der Waals surface area contributed by atoms with Gasteiger partial charge in [0.1, 0.15) is 12.4 Å². The summed E-state index contributed by atoms with van der Waals surface area (Å²) in [6.07, 6.45) is 9.64. The topological polar surface area (TPSA) is 59.8 Å². The largest absolute Gasteiger partial charge is 0.487 e. The van der Waals surface area contributed by atoms with Gasteiger partial charge >= 0.3 is 0 Å². The summed E-state index contributed by atoms with van der Waals surface area (Å²) in [6, 6.07) is 14.5. The van der Waals surface area contributed by atoms with Crippen LogP contribution in [0.4, 0.5) is 0 Å². The monoisotopic (exact) mass is 546 g/mol. The lowest BCUT2D eigenvalue weighted by Gasteiger charge is -2.40. The van der Waals surface area contributed by atoms with Gasteiger partial charge in [-0.25, -0.2) is 0 Å². The Hall–Kier alpha value is -2.97. The Morgan fingerprint density at radius 2 is 1.85 bits per heavy atom. The van der Waals surface area contributed by atoms with E-state index in [1.54, 1.807) is 23.0 Å². The third-order valence-corrected chi connectivity index (χ3v) is 8.30. The Labute approximate surface area is 234 Å². The maximum Gasteiger partial charge on any atom is 0.258 e. The summed E-state index contributed by atoms with van der Waals surface area (Å²) in [5.41, 5.74) is 5.61. The van der Waals surface area contributed by atoms with E-state index >= 15 is 0 Å². The molecule has 2 saturated heterocycles. The summed E-state index contributed by atoms with van der Waals surface area (Å²) in [7, 11) is 0. The van der Waals surface area contributed by atoms with E-state index in [-0.39, 0.29) is 12.2 Å². The van der Waals surface area contributed by atoms with Crippen molar-refractivity contribution in [3.05, 3.63) is 92.6 Å². The van der Waals surface area contributed by atoms with Crippen molar-refractivity contribution in [2.24, 2.45) is 0 Å². The average Bonchev–Trinajstić information content (AvgIpc) is 2.97. The first-order valence-electron chi connectivity index (χ1n) is 13.9. The maximum atomic E-state index is 12.9. The number of ether oxygens (including phenoxy) is 2. The second-order valence-corrected chi connectivity index (χ2v) is 11.1. The fourth-order valence-electron chi connectivity index (χ4n) is 5.85. The molecule has 0 spiro atoms. The number of nitrogens with zero attached hydrogens (tertiary/aromatic N) is 4. The molecule has 3 aliphatic rings. The van der Waals surface area contributed by atoms with Crippen molar-refractivity contribution in [1.82, 2.24) is 19.4 Å². The van der Waals surface area contributed by atoms with E-state index in [0.29, 0.717) is 16.8 Å². The second-order valence-electron chi connectivity index (χ2n) is 10.7. The van der Waals surface area contributed by atoms with Crippen LogP contribution in [0.1, 0.15) is 41.6 Å². The maximum absolute atomic E-state index is 12.9. The summed E-state index contributed by atoms with van der Waals surface area (Å²) < 4.78 is 13.0. The van der Waals surface area contributed by atoms with Crippen LogP contribution >= 0.6 is 11.6 Å². The lowest BCUT2D eigenvalue weighted by molar-refractivity contribution is 0.0126. The lowest BCUT2D eigenvalue weighted by atomic mass is 9.93. The number of hydrogen-bond donors (Lipinski definition) is 0. The minimum absolute atomic E-state index is 0.0946. The van der Waals surface area contributed by atoms with Crippen molar-refractivity contribution in [2.75, 3.05) is 39.4 Å².